The molecule has 4 heteroatoms. The second-order valence-corrected chi connectivity index (χ2v) is 5.13. The molecule has 0 radical (unpaired) electrons. The van der Waals surface area contributed by atoms with E-state index in [1.807, 2.05) is 38.1 Å². The zero-order chi connectivity index (χ0) is 15.0. The van der Waals surface area contributed by atoms with Crippen LogP contribution >= 0.6 is 0 Å². The molecule has 0 aromatic heterocycles. The van der Waals surface area contributed by atoms with Gasteiger partial charge < -0.3 is 14.6 Å². The monoisotopic (exact) mass is 280 g/mol. The Morgan fingerprint density at radius 2 is 1.95 bits per heavy atom. The summed E-state index contributed by atoms with van der Waals surface area (Å²) in [5.74, 6) is 0.472. The highest BCUT2D eigenvalue weighted by Gasteiger charge is 2.28. The van der Waals surface area contributed by atoms with Crippen molar-refractivity contribution in [2.75, 3.05) is 13.7 Å². The molecule has 0 amide bonds. The highest BCUT2D eigenvalue weighted by Crippen LogP contribution is 2.25. The first-order chi connectivity index (χ1) is 9.53. The number of methoxy groups -OCH3 is 1. The number of benzene rings is 1. The van der Waals surface area contributed by atoms with Gasteiger partial charge in [0.05, 0.1) is 13.5 Å². The summed E-state index contributed by atoms with van der Waals surface area (Å²) in [7, 11) is 1.38. The SMILES string of the molecule is CCC(C)(CC(=O)OC)Oc1ccc(CCCO)cc1. The van der Waals surface area contributed by atoms with E-state index in [0.717, 1.165) is 24.2 Å². The molecule has 0 aliphatic rings. The Morgan fingerprint density at radius 1 is 1.30 bits per heavy atom. The van der Waals surface area contributed by atoms with Gasteiger partial charge in [0, 0.05) is 6.61 Å². The Hall–Kier alpha value is -1.55. The summed E-state index contributed by atoms with van der Waals surface area (Å²) in [5.41, 5.74) is 0.609. The predicted octanol–water partition coefficient (Wildman–Crippen LogP) is 2.72. The molecule has 1 rings (SSSR count). The lowest BCUT2D eigenvalue weighted by Gasteiger charge is -2.28. The van der Waals surface area contributed by atoms with Gasteiger partial charge in [-0.15, -0.1) is 0 Å². The van der Waals surface area contributed by atoms with Crippen molar-refractivity contribution in [2.24, 2.45) is 0 Å². The van der Waals surface area contributed by atoms with Crippen LogP contribution in [0.5, 0.6) is 5.75 Å². The van der Waals surface area contributed by atoms with Crippen LogP contribution in [-0.2, 0) is 16.0 Å². The van der Waals surface area contributed by atoms with E-state index in [1.54, 1.807) is 0 Å². The van der Waals surface area contributed by atoms with Gasteiger partial charge in [0.15, 0.2) is 0 Å². The second kappa shape index (κ2) is 7.90. The second-order valence-electron chi connectivity index (χ2n) is 5.13. The number of aryl methyl sites for hydroxylation is 1. The summed E-state index contributed by atoms with van der Waals surface area (Å²) in [6, 6.07) is 7.77. The molecule has 112 valence electrons. The van der Waals surface area contributed by atoms with E-state index in [9.17, 15) is 4.79 Å². The molecule has 0 spiro atoms. The molecular weight excluding hydrogens is 256 g/mol. The molecule has 1 aromatic carbocycles. The fraction of sp³-hybridized carbons (Fsp3) is 0.562. The molecule has 0 fully saturated rings. The van der Waals surface area contributed by atoms with Crippen molar-refractivity contribution in [3.63, 3.8) is 0 Å². The maximum Gasteiger partial charge on any atom is 0.309 e. The van der Waals surface area contributed by atoms with E-state index < -0.39 is 5.60 Å². The first-order valence-corrected chi connectivity index (χ1v) is 6.98. The molecular formula is C16H24O4. The average Bonchev–Trinajstić information content (AvgIpc) is 2.46. The van der Waals surface area contributed by atoms with Crippen LogP contribution in [0.2, 0.25) is 0 Å². The topological polar surface area (TPSA) is 55.8 Å². The lowest BCUT2D eigenvalue weighted by atomic mass is 9.98. The van der Waals surface area contributed by atoms with Gasteiger partial charge in [0.2, 0.25) is 0 Å². The summed E-state index contributed by atoms with van der Waals surface area (Å²) >= 11 is 0. The van der Waals surface area contributed by atoms with Gasteiger partial charge in [-0.05, 0) is 43.9 Å². The van der Waals surface area contributed by atoms with Crippen molar-refractivity contribution < 1.29 is 19.4 Å². The van der Waals surface area contributed by atoms with E-state index >= 15 is 0 Å². The van der Waals surface area contributed by atoms with Crippen molar-refractivity contribution in [1.29, 1.82) is 0 Å². The third kappa shape index (κ3) is 5.21. The molecule has 4 nitrogen and oxygen atoms in total. The van der Waals surface area contributed by atoms with E-state index in [4.69, 9.17) is 14.6 Å². The Balaban J connectivity index is 2.67. The minimum atomic E-state index is -0.556. The number of aliphatic hydroxyl groups is 1. The first kappa shape index (κ1) is 16.5. The molecule has 0 aliphatic carbocycles. The van der Waals surface area contributed by atoms with Gasteiger partial charge in [0.1, 0.15) is 11.4 Å². The lowest BCUT2D eigenvalue weighted by molar-refractivity contribution is -0.144. The fourth-order valence-electron chi connectivity index (χ4n) is 1.90. The van der Waals surface area contributed by atoms with Crippen LogP contribution in [0, 0.1) is 0 Å². The number of ether oxygens (including phenoxy) is 2. The maximum absolute atomic E-state index is 11.4. The Bertz CT molecular complexity index is 413. The highest BCUT2D eigenvalue weighted by molar-refractivity contribution is 5.70. The van der Waals surface area contributed by atoms with E-state index in [1.165, 1.54) is 7.11 Å². The number of hydrogen-bond donors (Lipinski definition) is 1. The van der Waals surface area contributed by atoms with E-state index in [2.05, 4.69) is 0 Å². The number of carbonyl (C=O) groups is 1. The fourth-order valence-corrected chi connectivity index (χ4v) is 1.90. The molecule has 0 heterocycles. The zero-order valence-corrected chi connectivity index (χ0v) is 12.5. The quantitative estimate of drug-likeness (QED) is 0.744. The van der Waals surface area contributed by atoms with Crippen LogP contribution in [-0.4, -0.2) is 30.4 Å². The minimum absolute atomic E-state index is 0.200. The van der Waals surface area contributed by atoms with Gasteiger partial charge in [-0.25, -0.2) is 0 Å². The van der Waals surface area contributed by atoms with Crippen molar-refractivity contribution in [1.82, 2.24) is 0 Å². The number of aliphatic hydroxyl groups excluding tert-OH is 1. The van der Waals surface area contributed by atoms with Gasteiger partial charge in [-0.1, -0.05) is 19.1 Å². The lowest BCUT2D eigenvalue weighted by Crippen LogP contribution is -2.34. The molecule has 1 atom stereocenters. The maximum atomic E-state index is 11.4. The van der Waals surface area contributed by atoms with E-state index in [0.29, 0.717) is 6.42 Å². The van der Waals surface area contributed by atoms with Gasteiger partial charge in [0.25, 0.3) is 0 Å². The minimum Gasteiger partial charge on any atom is -0.487 e. The van der Waals surface area contributed by atoms with Crippen molar-refractivity contribution in [3.8, 4) is 5.75 Å². The van der Waals surface area contributed by atoms with Gasteiger partial charge in [-0.3, -0.25) is 4.79 Å². The van der Waals surface area contributed by atoms with E-state index in [-0.39, 0.29) is 19.0 Å². The molecule has 1 aromatic rings. The van der Waals surface area contributed by atoms with Crippen molar-refractivity contribution >= 4 is 5.97 Å². The van der Waals surface area contributed by atoms with Crippen LogP contribution in [0.4, 0.5) is 0 Å². The molecule has 0 aliphatic heterocycles. The van der Waals surface area contributed by atoms with Crippen LogP contribution in [0.1, 0.15) is 38.7 Å². The molecule has 0 saturated heterocycles. The Kier molecular flexibility index (Phi) is 6.52. The molecule has 0 bridgehead atoms. The van der Waals surface area contributed by atoms with Gasteiger partial charge >= 0.3 is 5.97 Å². The molecule has 1 N–H and O–H groups in total. The number of rotatable bonds is 8. The molecule has 1 unspecified atom stereocenters. The number of carbonyl (C=O) groups excluding carboxylic acids is 1. The van der Waals surface area contributed by atoms with Crippen molar-refractivity contribution in [3.05, 3.63) is 29.8 Å². The third-order valence-corrected chi connectivity index (χ3v) is 3.41. The van der Waals surface area contributed by atoms with Crippen LogP contribution in [0.15, 0.2) is 24.3 Å². The Morgan fingerprint density at radius 3 is 2.45 bits per heavy atom. The van der Waals surface area contributed by atoms with Crippen molar-refractivity contribution in [2.45, 2.75) is 45.1 Å². The number of esters is 1. The molecule has 0 saturated carbocycles. The summed E-state index contributed by atoms with van der Waals surface area (Å²) in [4.78, 5) is 11.4. The smallest absolute Gasteiger partial charge is 0.309 e. The Labute approximate surface area is 120 Å². The van der Waals surface area contributed by atoms with Crippen LogP contribution in [0.25, 0.3) is 0 Å². The summed E-state index contributed by atoms with van der Waals surface area (Å²) in [5, 5.41) is 8.81. The predicted molar refractivity (Wildman–Crippen MR) is 77.8 cm³/mol. The molecule has 20 heavy (non-hydrogen) atoms. The first-order valence-electron chi connectivity index (χ1n) is 6.98. The normalized spacial score (nSPS) is 13.6. The zero-order valence-electron chi connectivity index (χ0n) is 12.5. The van der Waals surface area contributed by atoms with Crippen LogP contribution < -0.4 is 4.74 Å². The largest absolute Gasteiger partial charge is 0.487 e. The summed E-state index contributed by atoms with van der Waals surface area (Å²) in [6.45, 7) is 4.09. The third-order valence-electron chi connectivity index (χ3n) is 3.41. The summed E-state index contributed by atoms with van der Waals surface area (Å²) < 4.78 is 10.6. The van der Waals surface area contributed by atoms with Gasteiger partial charge in [-0.2, -0.15) is 0 Å². The summed E-state index contributed by atoms with van der Waals surface area (Å²) in [6.07, 6.45) is 2.56. The standard InChI is InChI=1S/C16H24O4/c1-4-16(2,12-15(18)19-3)20-14-9-7-13(8-10-14)6-5-11-17/h7-10,17H,4-6,11-12H2,1-3H3. The average molecular weight is 280 g/mol. The highest BCUT2D eigenvalue weighted by atomic mass is 16.5. The number of hydrogen-bond acceptors (Lipinski definition) is 4. The van der Waals surface area contributed by atoms with Crippen LogP contribution in [0.3, 0.4) is 0 Å².